The van der Waals surface area contributed by atoms with Gasteiger partial charge in [-0.15, -0.1) is 0 Å². The number of benzene rings is 3. The summed E-state index contributed by atoms with van der Waals surface area (Å²) in [5.41, 5.74) is 2.32. The van der Waals surface area contributed by atoms with Gasteiger partial charge in [-0.1, -0.05) is 53.5 Å². The quantitative estimate of drug-likeness (QED) is 0.272. The van der Waals surface area contributed by atoms with E-state index in [2.05, 4.69) is 10.2 Å². The summed E-state index contributed by atoms with van der Waals surface area (Å²) in [5.74, 6) is 0.860. The minimum atomic E-state index is -1.02. The molecule has 7 nitrogen and oxygen atoms in total. The Bertz CT molecular complexity index is 1610. The molecule has 1 spiro atoms. The molecule has 3 N–H and O–H groups in total. The summed E-state index contributed by atoms with van der Waals surface area (Å²) in [6, 6.07) is 16.5. The number of rotatable bonds is 7. The maximum atomic E-state index is 13.6. The molecule has 3 aliphatic carbocycles. The first kappa shape index (κ1) is 27.6. The van der Waals surface area contributed by atoms with E-state index in [1.165, 1.54) is 12.8 Å². The first-order valence-corrected chi connectivity index (χ1v) is 16.0. The fourth-order valence-electron chi connectivity index (χ4n) is 8.47. The van der Waals surface area contributed by atoms with Crippen molar-refractivity contribution < 1.29 is 24.5 Å². The summed E-state index contributed by atoms with van der Waals surface area (Å²) >= 11 is 12.8. The van der Waals surface area contributed by atoms with Gasteiger partial charge in [0.05, 0.1) is 33.2 Å². The summed E-state index contributed by atoms with van der Waals surface area (Å²) in [4.78, 5) is 16.1. The van der Waals surface area contributed by atoms with Crippen LogP contribution in [-0.4, -0.2) is 58.0 Å². The molecular formula is C34H34Cl2N2O5. The zero-order valence-electron chi connectivity index (χ0n) is 23.7. The van der Waals surface area contributed by atoms with Gasteiger partial charge in [0.1, 0.15) is 12.2 Å². The lowest BCUT2D eigenvalue weighted by Crippen LogP contribution is -2.77. The molecule has 9 heteroatoms. The van der Waals surface area contributed by atoms with Crippen molar-refractivity contribution in [3.8, 4) is 11.5 Å². The van der Waals surface area contributed by atoms with Gasteiger partial charge in [0.25, 0.3) is 0 Å². The normalized spacial score (nSPS) is 30.3. The molecule has 5 atom stereocenters. The summed E-state index contributed by atoms with van der Waals surface area (Å²) < 4.78 is 12.8. The van der Waals surface area contributed by atoms with Crippen molar-refractivity contribution in [3.63, 3.8) is 0 Å². The molecule has 3 fully saturated rings. The Morgan fingerprint density at radius 3 is 2.63 bits per heavy atom. The van der Waals surface area contributed by atoms with Gasteiger partial charge in [0.15, 0.2) is 11.5 Å². The molecule has 224 valence electrons. The second kappa shape index (κ2) is 10.0. The number of esters is 1. The molecule has 8 rings (SSSR count). The highest BCUT2D eigenvalue weighted by Gasteiger charge is 2.73. The van der Waals surface area contributed by atoms with Gasteiger partial charge < -0.3 is 25.0 Å². The lowest BCUT2D eigenvalue weighted by Gasteiger charge is -2.64. The number of aliphatic hydroxyl groups is 1. The summed E-state index contributed by atoms with van der Waals surface area (Å²) in [6.45, 7) is 1.86. The maximum absolute atomic E-state index is 13.6. The van der Waals surface area contributed by atoms with Crippen LogP contribution in [-0.2, 0) is 27.8 Å². The zero-order valence-corrected chi connectivity index (χ0v) is 25.2. The van der Waals surface area contributed by atoms with E-state index in [4.69, 9.17) is 32.7 Å². The number of para-hydroxylation sites is 2. The number of likely N-dealkylation sites (tertiary alicyclic amines) is 1. The number of ether oxygens (including phenoxy) is 2. The molecule has 0 aromatic heterocycles. The van der Waals surface area contributed by atoms with Crippen LogP contribution in [0.4, 0.5) is 11.4 Å². The topological polar surface area (TPSA) is 91.3 Å². The van der Waals surface area contributed by atoms with E-state index in [0.717, 1.165) is 36.2 Å². The number of nitrogens with one attached hydrogen (secondary N) is 1. The van der Waals surface area contributed by atoms with Crippen LogP contribution >= 0.6 is 23.2 Å². The number of carbonyl (C=O) groups excluding carboxylic acids is 1. The lowest BCUT2D eigenvalue weighted by molar-refractivity contribution is -0.216. The molecular weight excluding hydrogens is 587 g/mol. The largest absolute Gasteiger partial charge is 0.504 e. The van der Waals surface area contributed by atoms with Crippen LogP contribution in [0.1, 0.15) is 48.8 Å². The van der Waals surface area contributed by atoms with Gasteiger partial charge in [-0.3, -0.25) is 9.69 Å². The third-order valence-corrected chi connectivity index (χ3v) is 11.2. The molecule has 3 aromatic carbocycles. The van der Waals surface area contributed by atoms with Gasteiger partial charge in [-0.25, -0.2) is 0 Å². The van der Waals surface area contributed by atoms with Crippen molar-refractivity contribution in [2.24, 2.45) is 5.92 Å². The van der Waals surface area contributed by atoms with Crippen LogP contribution in [0.3, 0.4) is 0 Å². The minimum Gasteiger partial charge on any atom is -0.504 e. The predicted octanol–water partition coefficient (Wildman–Crippen LogP) is 6.16. The average Bonchev–Trinajstić information content (AvgIpc) is 3.72. The van der Waals surface area contributed by atoms with Crippen LogP contribution in [0.15, 0.2) is 54.6 Å². The molecule has 2 unspecified atom stereocenters. The average molecular weight is 622 g/mol. The molecule has 5 aliphatic rings. The second-order valence-electron chi connectivity index (χ2n) is 12.9. The van der Waals surface area contributed by atoms with Gasteiger partial charge in [0, 0.05) is 23.8 Å². The highest BCUT2D eigenvalue weighted by atomic mass is 35.5. The summed E-state index contributed by atoms with van der Waals surface area (Å²) in [7, 11) is 0. The molecule has 2 heterocycles. The highest BCUT2D eigenvalue weighted by molar-refractivity contribution is 6.39. The van der Waals surface area contributed by atoms with Crippen LogP contribution < -0.4 is 10.1 Å². The van der Waals surface area contributed by atoms with Crippen molar-refractivity contribution in [2.45, 2.75) is 74.2 Å². The zero-order chi connectivity index (χ0) is 29.5. The number of anilines is 2. The number of halogens is 2. The number of hydrogen-bond donors (Lipinski definition) is 3. The predicted molar refractivity (Wildman–Crippen MR) is 165 cm³/mol. The molecule has 2 saturated carbocycles. The number of aromatic hydroxyl groups is 1. The molecule has 43 heavy (non-hydrogen) atoms. The molecule has 0 radical (unpaired) electrons. The van der Waals surface area contributed by atoms with Crippen molar-refractivity contribution in [3.05, 3.63) is 81.3 Å². The molecule has 1 saturated heterocycles. The number of piperidine rings is 1. The van der Waals surface area contributed by atoms with Crippen molar-refractivity contribution >= 4 is 40.5 Å². The number of phenolic OH excluding ortho intramolecular Hbond substituents is 1. The second-order valence-corrected chi connectivity index (χ2v) is 13.7. The van der Waals surface area contributed by atoms with Crippen LogP contribution in [0.2, 0.25) is 10.0 Å². The SMILES string of the molecule is O=C(Cc1ccccc1Nc1c(Cl)cccc1Cl)OC1CC[C@@]2(O)[C@H]3Cc4ccc(O)c5c4[C@@]2(CCN3CC2CC2)C1O5. The molecule has 0 amide bonds. The third-order valence-electron chi connectivity index (χ3n) is 10.6. The van der Waals surface area contributed by atoms with E-state index in [-0.39, 0.29) is 24.2 Å². The van der Waals surface area contributed by atoms with Crippen LogP contribution in [0.25, 0.3) is 0 Å². The first-order valence-electron chi connectivity index (χ1n) is 15.3. The Hall–Kier alpha value is -2.97. The van der Waals surface area contributed by atoms with Crippen LogP contribution in [0, 0.1) is 5.92 Å². The number of hydrogen-bond acceptors (Lipinski definition) is 7. The van der Waals surface area contributed by atoms with Crippen molar-refractivity contribution in [1.82, 2.24) is 4.90 Å². The lowest BCUT2D eigenvalue weighted by atomic mass is 9.48. The van der Waals surface area contributed by atoms with Gasteiger partial charge in [0.2, 0.25) is 0 Å². The fraction of sp³-hybridized carbons (Fsp3) is 0.441. The van der Waals surface area contributed by atoms with Crippen molar-refractivity contribution in [1.29, 1.82) is 0 Å². The Labute approximate surface area is 260 Å². The third kappa shape index (κ3) is 4.19. The van der Waals surface area contributed by atoms with Gasteiger partial charge in [-0.2, -0.15) is 0 Å². The Morgan fingerprint density at radius 1 is 1.05 bits per heavy atom. The monoisotopic (exact) mass is 620 g/mol. The highest BCUT2D eigenvalue weighted by Crippen LogP contribution is 2.66. The summed E-state index contributed by atoms with van der Waals surface area (Å²) in [6.07, 6.45) is 3.85. The van der Waals surface area contributed by atoms with E-state index < -0.39 is 23.2 Å². The summed E-state index contributed by atoms with van der Waals surface area (Å²) in [5, 5.41) is 27.8. The van der Waals surface area contributed by atoms with Gasteiger partial charge >= 0.3 is 5.97 Å². The molecule has 2 aliphatic heterocycles. The van der Waals surface area contributed by atoms with E-state index in [0.29, 0.717) is 52.3 Å². The van der Waals surface area contributed by atoms with E-state index in [1.54, 1.807) is 24.3 Å². The van der Waals surface area contributed by atoms with E-state index in [9.17, 15) is 15.0 Å². The first-order chi connectivity index (χ1) is 20.8. The number of nitrogens with zero attached hydrogens (tertiary/aromatic N) is 1. The van der Waals surface area contributed by atoms with Crippen molar-refractivity contribution in [2.75, 3.05) is 18.4 Å². The Balaban J connectivity index is 1.08. The number of carbonyl (C=O) groups is 1. The maximum Gasteiger partial charge on any atom is 0.310 e. The van der Waals surface area contributed by atoms with Gasteiger partial charge in [-0.05, 0) is 86.4 Å². The fourth-order valence-corrected chi connectivity index (χ4v) is 8.96. The smallest absolute Gasteiger partial charge is 0.310 e. The number of phenols is 1. The molecule has 2 bridgehead atoms. The molecule has 3 aromatic rings. The Morgan fingerprint density at radius 2 is 1.84 bits per heavy atom. The van der Waals surface area contributed by atoms with E-state index >= 15 is 0 Å². The minimum absolute atomic E-state index is 0.0258. The van der Waals surface area contributed by atoms with E-state index in [1.807, 2.05) is 30.3 Å². The Kier molecular flexibility index (Phi) is 6.43. The van der Waals surface area contributed by atoms with Crippen LogP contribution in [0.5, 0.6) is 11.5 Å². The standard InChI is InChI=1S/C34H34Cl2N2O5/c35-22-5-3-6-23(36)30(22)37-24-7-2-1-4-20(24)17-28(40)42-26-12-13-34(41)27-16-21-10-11-25(39)31-29(21)33(34,32(26)43-31)14-15-38(27)18-19-8-9-19/h1-7,10-11,19,26-27,32,37,39,41H,8-9,12-18H2/t26?,27-,32?,33+,34-/m1/s1.